The Bertz CT molecular complexity index is 602. The molecule has 12 heteroatoms. The molecular weight excluding hydrogens is 342 g/mol. The third-order valence-corrected chi connectivity index (χ3v) is 3.02. The monoisotopic (exact) mass is 359 g/mol. The molecule has 0 amide bonds. The lowest BCUT2D eigenvalue weighted by atomic mass is 9.97. The number of methoxy groups -OCH3 is 1. The van der Waals surface area contributed by atoms with Crippen molar-refractivity contribution < 1.29 is 42.9 Å². The number of rotatable bonds is 5. The highest BCUT2D eigenvalue weighted by atomic mass is 16.7. The van der Waals surface area contributed by atoms with Crippen molar-refractivity contribution in [3.05, 3.63) is 10.4 Å². The normalized spacial score (nSPS) is 28.1. The Kier molecular flexibility index (Phi) is 7.15. The molecule has 138 valence electrons. The first-order chi connectivity index (χ1) is 11.7. The van der Waals surface area contributed by atoms with Gasteiger partial charge in [-0.1, -0.05) is 5.11 Å². The molecule has 0 radical (unpaired) electrons. The summed E-state index contributed by atoms with van der Waals surface area (Å²) in [6.45, 7) is 3.17. The minimum Gasteiger partial charge on any atom is -0.467 e. The summed E-state index contributed by atoms with van der Waals surface area (Å²) < 4.78 is 24.9. The molecule has 0 bridgehead atoms. The lowest BCUT2D eigenvalue weighted by Gasteiger charge is -2.42. The van der Waals surface area contributed by atoms with Crippen molar-refractivity contribution in [3.63, 3.8) is 0 Å². The molecule has 1 rings (SSSR count). The van der Waals surface area contributed by atoms with Crippen LogP contribution in [0.25, 0.3) is 10.4 Å². The Morgan fingerprint density at radius 1 is 0.920 bits per heavy atom. The van der Waals surface area contributed by atoms with Gasteiger partial charge >= 0.3 is 23.9 Å². The van der Waals surface area contributed by atoms with Crippen LogP contribution in [0.2, 0.25) is 0 Å². The van der Waals surface area contributed by atoms with Crippen molar-refractivity contribution in [1.82, 2.24) is 0 Å². The lowest BCUT2D eigenvalue weighted by Crippen LogP contribution is -2.62. The molecule has 1 aliphatic heterocycles. The average Bonchev–Trinajstić information content (AvgIpc) is 2.50. The number of esters is 4. The number of hydrogen-bond donors (Lipinski definition) is 0. The maximum atomic E-state index is 11.9. The van der Waals surface area contributed by atoms with Gasteiger partial charge in [0.2, 0.25) is 0 Å². The largest absolute Gasteiger partial charge is 0.467 e. The summed E-state index contributed by atoms with van der Waals surface area (Å²) in [5.41, 5.74) is 8.66. The topological polar surface area (TPSA) is 163 Å². The van der Waals surface area contributed by atoms with E-state index in [1.807, 2.05) is 0 Å². The molecule has 1 fully saturated rings. The summed E-state index contributed by atoms with van der Waals surface area (Å²) >= 11 is 0. The molecule has 1 heterocycles. The van der Waals surface area contributed by atoms with E-state index in [1.54, 1.807) is 0 Å². The average molecular weight is 359 g/mol. The highest BCUT2D eigenvalue weighted by molar-refractivity contribution is 5.77. The van der Waals surface area contributed by atoms with Gasteiger partial charge in [-0.25, -0.2) is 4.79 Å². The van der Waals surface area contributed by atoms with E-state index in [2.05, 4.69) is 14.8 Å². The standard InChI is InChI=1S/C13H17N3O9/c1-5(17)22-8-9(23-6(2)18)11(13(20)21-4)25-12(15-16-14)10(8)24-7(3)19/h8-12H,1-4H3/t8-,9-,10-,11-,12+/m0/s1. The summed E-state index contributed by atoms with van der Waals surface area (Å²) in [6.07, 6.45) is -7.47. The van der Waals surface area contributed by atoms with Crippen molar-refractivity contribution in [1.29, 1.82) is 0 Å². The molecule has 0 aliphatic carbocycles. The first-order valence-corrected chi connectivity index (χ1v) is 7.00. The lowest BCUT2D eigenvalue weighted by molar-refractivity contribution is -0.247. The second-order valence-corrected chi connectivity index (χ2v) is 4.90. The molecule has 25 heavy (non-hydrogen) atoms. The minimum absolute atomic E-state index is 0.804. The van der Waals surface area contributed by atoms with Crippen molar-refractivity contribution in [2.75, 3.05) is 7.11 Å². The van der Waals surface area contributed by atoms with E-state index >= 15 is 0 Å². The summed E-state index contributed by atoms with van der Waals surface area (Å²) in [6, 6.07) is 0. The highest BCUT2D eigenvalue weighted by Gasteiger charge is 2.54. The third-order valence-electron chi connectivity index (χ3n) is 3.02. The molecule has 0 spiro atoms. The Labute approximate surface area is 141 Å². The van der Waals surface area contributed by atoms with Crippen molar-refractivity contribution in [2.24, 2.45) is 5.11 Å². The van der Waals surface area contributed by atoms with Crippen LogP contribution in [0.5, 0.6) is 0 Å². The van der Waals surface area contributed by atoms with Crippen LogP contribution in [-0.2, 0) is 42.9 Å². The quantitative estimate of drug-likeness (QED) is 0.216. The number of carbonyl (C=O) groups is 4. The van der Waals surface area contributed by atoms with Gasteiger partial charge in [-0.2, -0.15) is 0 Å². The van der Waals surface area contributed by atoms with E-state index in [0.29, 0.717) is 0 Å². The number of carbonyl (C=O) groups excluding carboxylic acids is 4. The maximum absolute atomic E-state index is 11.9. The molecule has 0 aromatic rings. The summed E-state index contributed by atoms with van der Waals surface area (Å²) in [5.74, 6) is -3.40. The molecule has 12 nitrogen and oxygen atoms in total. The fourth-order valence-corrected chi connectivity index (χ4v) is 2.24. The van der Waals surface area contributed by atoms with Crippen LogP contribution in [0.4, 0.5) is 0 Å². The van der Waals surface area contributed by atoms with Crippen LogP contribution in [0, 0.1) is 0 Å². The molecule has 5 atom stereocenters. The van der Waals surface area contributed by atoms with Crippen LogP contribution in [0.1, 0.15) is 20.8 Å². The zero-order valence-electron chi connectivity index (χ0n) is 13.9. The van der Waals surface area contributed by atoms with Crippen molar-refractivity contribution >= 4 is 23.9 Å². The second-order valence-electron chi connectivity index (χ2n) is 4.90. The Morgan fingerprint density at radius 3 is 1.84 bits per heavy atom. The SMILES string of the molecule is COC(=O)[C@H]1O[C@@H](N=[N+]=[N-])[C@@H](OC(C)=O)[C@@H](OC(C)=O)[C@@H]1OC(C)=O. The molecule has 0 aromatic carbocycles. The molecule has 0 unspecified atom stereocenters. The molecule has 1 saturated heterocycles. The summed E-state index contributed by atoms with van der Waals surface area (Å²) in [4.78, 5) is 48.6. The molecular formula is C13H17N3O9. The molecule has 0 aromatic heterocycles. The second kappa shape index (κ2) is 8.85. The van der Waals surface area contributed by atoms with Crippen LogP contribution in [0.3, 0.4) is 0 Å². The Balaban J connectivity index is 3.38. The zero-order valence-corrected chi connectivity index (χ0v) is 13.9. The van der Waals surface area contributed by atoms with Crippen molar-refractivity contribution in [3.8, 4) is 0 Å². The molecule has 1 aliphatic rings. The van der Waals surface area contributed by atoms with Crippen molar-refractivity contribution in [2.45, 2.75) is 51.4 Å². The van der Waals surface area contributed by atoms with E-state index in [0.717, 1.165) is 27.9 Å². The van der Waals surface area contributed by atoms with Crippen LogP contribution < -0.4 is 0 Å². The third kappa shape index (κ3) is 5.33. The Hall–Kier alpha value is -2.85. The van der Waals surface area contributed by atoms with Gasteiger partial charge in [0.1, 0.15) is 0 Å². The van der Waals surface area contributed by atoms with E-state index < -0.39 is 54.5 Å². The predicted molar refractivity (Wildman–Crippen MR) is 76.5 cm³/mol. The first-order valence-electron chi connectivity index (χ1n) is 7.00. The summed E-state index contributed by atoms with van der Waals surface area (Å²) in [7, 11) is 1.05. The van der Waals surface area contributed by atoms with Crippen LogP contribution in [-0.4, -0.2) is 61.6 Å². The first kappa shape index (κ1) is 20.2. The molecule has 0 N–H and O–H groups in total. The van der Waals surface area contributed by atoms with Gasteiger partial charge < -0.3 is 23.7 Å². The van der Waals surface area contributed by atoms with E-state index in [-0.39, 0.29) is 0 Å². The number of nitrogens with zero attached hydrogens (tertiary/aromatic N) is 3. The summed E-state index contributed by atoms with van der Waals surface area (Å²) in [5, 5.41) is 3.30. The number of ether oxygens (including phenoxy) is 5. The Morgan fingerprint density at radius 2 is 1.40 bits per heavy atom. The van der Waals surface area contributed by atoms with Gasteiger partial charge in [0.15, 0.2) is 30.6 Å². The number of hydrogen-bond acceptors (Lipinski definition) is 10. The maximum Gasteiger partial charge on any atom is 0.339 e. The highest BCUT2D eigenvalue weighted by Crippen LogP contribution is 2.30. The molecule has 0 saturated carbocycles. The van der Waals surface area contributed by atoms with Gasteiger partial charge in [0.25, 0.3) is 0 Å². The van der Waals surface area contributed by atoms with Gasteiger partial charge in [-0.05, 0) is 5.53 Å². The fourth-order valence-electron chi connectivity index (χ4n) is 2.24. The zero-order chi connectivity index (χ0) is 19.1. The van der Waals surface area contributed by atoms with E-state index in [9.17, 15) is 19.2 Å². The predicted octanol–water partition coefficient (Wildman–Crippen LogP) is -0.0103. The van der Waals surface area contributed by atoms with Gasteiger partial charge in [-0.15, -0.1) is 0 Å². The number of azide groups is 1. The van der Waals surface area contributed by atoms with Crippen LogP contribution >= 0.6 is 0 Å². The van der Waals surface area contributed by atoms with Crippen LogP contribution in [0.15, 0.2) is 5.11 Å². The van der Waals surface area contributed by atoms with E-state index in [4.69, 9.17) is 24.5 Å². The van der Waals surface area contributed by atoms with Gasteiger partial charge in [0, 0.05) is 25.7 Å². The fraction of sp³-hybridized carbons (Fsp3) is 0.692. The van der Waals surface area contributed by atoms with Gasteiger partial charge in [0.05, 0.1) is 7.11 Å². The smallest absolute Gasteiger partial charge is 0.339 e. The van der Waals surface area contributed by atoms with E-state index in [1.165, 1.54) is 0 Å². The minimum atomic E-state index is -1.57. The van der Waals surface area contributed by atoms with Gasteiger partial charge in [-0.3, -0.25) is 14.4 Å².